The summed E-state index contributed by atoms with van der Waals surface area (Å²) in [6.07, 6.45) is 7.07. The molecule has 19 heavy (non-hydrogen) atoms. The Bertz CT molecular complexity index is 560. The zero-order chi connectivity index (χ0) is 13.1. The van der Waals surface area contributed by atoms with Gasteiger partial charge in [0.2, 0.25) is 5.91 Å². The lowest BCUT2D eigenvalue weighted by Crippen LogP contribution is -2.35. The molecule has 0 aromatic carbocycles. The third-order valence-corrected chi connectivity index (χ3v) is 3.14. The zero-order valence-electron chi connectivity index (χ0n) is 10.4. The molecule has 0 radical (unpaired) electrons. The summed E-state index contributed by atoms with van der Waals surface area (Å²) in [5.74, 6) is 0.609. The molecule has 2 aromatic heterocycles. The molecule has 6 heteroatoms. The number of carbonyl (C=O) groups excluding carboxylic acids is 1. The van der Waals surface area contributed by atoms with Crippen molar-refractivity contribution < 1.29 is 4.79 Å². The van der Waals surface area contributed by atoms with Crippen LogP contribution in [0.4, 0.5) is 5.69 Å². The number of amides is 1. The first kappa shape index (κ1) is 11.9. The smallest absolute Gasteiger partial charge is 0.241 e. The zero-order valence-corrected chi connectivity index (χ0v) is 10.4. The van der Waals surface area contributed by atoms with E-state index in [2.05, 4.69) is 20.7 Å². The predicted molar refractivity (Wildman–Crippen MR) is 71.0 cm³/mol. The fraction of sp³-hybridized carbons (Fsp3) is 0.308. The summed E-state index contributed by atoms with van der Waals surface area (Å²) in [4.78, 5) is 16.4. The van der Waals surface area contributed by atoms with Crippen molar-refractivity contribution in [3.8, 4) is 5.82 Å². The highest BCUT2D eigenvalue weighted by Gasteiger charge is 2.22. The number of carbonyl (C=O) groups is 1. The van der Waals surface area contributed by atoms with Gasteiger partial charge in [0, 0.05) is 18.6 Å². The minimum absolute atomic E-state index is 0.0149. The van der Waals surface area contributed by atoms with Crippen LogP contribution in [-0.2, 0) is 4.79 Å². The van der Waals surface area contributed by atoms with E-state index in [-0.39, 0.29) is 11.9 Å². The third-order valence-electron chi connectivity index (χ3n) is 3.14. The maximum Gasteiger partial charge on any atom is 0.241 e. The monoisotopic (exact) mass is 257 g/mol. The Kier molecular flexibility index (Phi) is 3.24. The fourth-order valence-electron chi connectivity index (χ4n) is 2.20. The Morgan fingerprint density at radius 1 is 1.42 bits per heavy atom. The van der Waals surface area contributed by atoms with Gasteiger partial charge >= 0.3 is 0 Å². The second-order valence-corrected chi connectivity index (χ2v) is 4.46. The van der Waals surface area contributed by atoms with E-state index in [1.807, 2.05) is 12.1 Å². The lowest BCUT2D eigenvalue weighted by atomic mass is 10.2. The van der Waals surface area contributed by atoms with Crippen molar-refractivity contribution in [3.05, 3.63) is 36.8 Å². The van der Waals surface area contributed by atoms with E-state index in [1.54, 1.807) is 29.3 Å². The first-order chi connectivity index (χ1) is 9.34. The van der Waals surface area contributed by atoms with Crippen LogP contribution < -0.4 is 10.6 Å². The average molecular weight is 257 g/mol. The molecule has 2 N–H and O–H groups in total. The molecule has 1 saturated heterocycles. The fourth-order valence-corrected chi connectivity index (χ4v) is 2.20. The van der Waals surface area contributed by atoms with Gasteiger partial charge in [0.25, 0.3) is 0 Å². The standard InChI is InChI=1S/C13H15N5O/c19-13(11-5-2-6-14-11)17-10-4-1-7-15-12(10)18-9-3-8-16-18/h1,3-4,7-9,11,14H,2,5-6H2,(H,17,19). The number of rotatable bonds is 3. The van der Waals surface area contributed by atoms with Crippen molar-refractivity contribution in [1.82, 2.24) is 20.1 Å². The molecular weight excluding hydrogens is 242 g/mol. The van der Waals surface area contributed by atoms with Crippen LogP contribution in [0.25, 0.3) is 5.82 Å². The first-order valence-electron chi connectivity index (χ1n) is 6.34. The highest BCUT2D eigenvalue weighted by atomic mass is 16.2. The summed E-state index contributed by atoms with van der Waals surface area (Å²) < 4.78 is 1.64. The van der Waals surface area contributed by atoms with Crippen LogP contribution in [0.2, 0.25) is 0 Å². The molecule has 1 amide bonds. The number of aromatic nitrogens is 3. The van der Waals surface area contributed by atoms with Gasteiger partial charge in [-0.25, -0.2) is 9.67 Å². The highest BCUT2D eigenvalue weighted by Crippen LogP contribution is 2.17. The Morgan fingerprint density at radius 2 is 2.37 bits per heavy atom. The summed E-state index contributed by atoms with van der Waals surface area (Å²) >= 11 is 0. The average Bonchev–Trinajstić information content (AvgIpc) is 3.13. The van der Waals surface area contributed by atoms with Crippen molar-refractivity contribution in [2.75, 3.05) is 11.9 Å². The lowest BCUT2D eigenvalue weighted by Gasteiger charge is -2.13. The van der Waals surface area contributed by atoms with Gasteiger partial charge < -0.3 is 10.6 Å². The van der Waals surface area contributed by atoms with E-state index in [0.29, 0.717) is 11.5 Å². The maximum atomic E-state index is 12.1. The molecule has 0 bridgehead atoms. The quantitative estimate of drug-likeness (QED) is 0.859. The molecule has 3 rings (SSSR count). The first-order valence-corrected chi connectivity index (χ1v) is 6.34. The molecule has 1 unspecified atom stereocenters. The molecule has 2 aromatic rings. The largest absolute Gasteiger partial charge is 0.322 e. The van der Waals surface area contributed by atoms with Gasteiger partial charge in [0.1, 0.15) is 0 Å². The normalized spacial score (nSPS) is 18.4. The van der Waals surface area contributed by atoms with Gasteiger partial charge in [-0.05, 0) is 37.6 Å². The second kappa shape index (κ2) is 5.19. The van der Waals surface area contributed by atoms with Crippen LogP contribution in [0, 0.1) is 0 Å². The van der Waals surface area contributed by atoms with E-state index < -0.39 is 0 Å². The molecule has 0 spiro atoms. The molecule has 98 valence electrons. The third kappa shape index (κ3) is 2.48. The molecule has 0 aliphatic carbocycles. The van der Waals surface area contributed by atoms with Crippen molar-refractivity contribution in [2.24, 2.45) is 0 Å². The van der Waals surface area contributed by atoms with Crippen molar-refractivity contribution in [1.29, 1.82) is 0 Å². The van der Waals surface area contributed by atoms with Crippen molar-refractivity contribution in [3.63, 3.8) is 0 Å². The molecule has 1 fully saturated rings. The minimum Gasteiger partial charge on any atom is -0.322 e. The number of hydrogen-bond acceptors (Lipinski definition) is 4. The Labute approximate surface area is 110 Å². The van der Waals surface area contributed by atoms with Crippen molar-refractivity contribution in [2.45, 2.75) is 18.9 Å². The molecule has 1 atom stereocenters. The van der Waals surface area contributed by atoms with E-state index in [4.69, 9.17) is 0 Å². The number of nitrogens with one attached hydrogen (secondary N) is 2. The summed E-state index contributed by atoms with van der Waals surface area (Å²) in [6, 6.07) is 5.34. The minimum atomic E-state index is -0.106. The van der Waals surface area contributed by atoms with Crippen molar-refractivity contribution >= 4 is 11.6 Å². The summed E-state index contributed by atoms with van der Waals surface area (Å²) in [6.45, 7) is 0.900. The lowest BCUT2D eigenvalue weighted by molar-refractivity contribution is -0.117. The number of anilines is 1. The van der Waals surface area contributed by atoms with Crippen LogP contribution in [0.15, 0.2) is 36.8 Å². The van der Waals surface area contributed by atoms with Crippen LogP contribution in [0.1, 0.15) is 12.8 Å². The van der Waals surface area contributed by atoms with Gasteiger partial charge in [-0.2, -0.15) is 5.10 Å². The van der Waals surface area contributed by atoms with Gasteiger partial charge in [0.05, 0.1) is 11.7 Å². The number of nitrogens with zero attached hydrogens (tertiary/aromatic N) is 3. The Hall–Kier alpha value is -2.21. The van der Waals surface area contributed by atoms with Crippen LogP contribution in [0.5, 0.6) is 0 Å². The Morgan fingerprint density at radius 3 is 3.11 bits per heavy atom. The summed E-state index contributed by atoms with van der Waals surface area (Å²) in [7, 11) is 0. The van der Waals surface area contributed by atoms with E-state index >= 15 is 0 Å². The molecule has 1 aliphatic heterocycles. The van der Waals surface area contributed by atoms with E-state index in [9.17, 15) is 4.79 Å². The predicted octanol–water partition coefficient (Wildman–Crippen LogP) is 0.958. The summed E-state index contributed by atoms with van der Waals surface area (Å²) in [5, 5.41) is 10.2. The second-order valence-electron chi connectivity index (χ2n) is 4.46. The highest BCUT2D eigenvalue weighted by molar-refractivity contribution is 5.96. The van der Waals surface area contributed by atoms with Crippen LogP contribution in [-0.4, -0.2) is 33.3 Å². The van der Waals surface area contributed by atoms with Gasteiger partial charge in [-0.1, -0.05) is 0 Å². The van der Waals surface area contributed by atoms with E-state index in [1.165, 1.54) is 0 Å². The number of pyridine rings is 1. The van der Waals surface area contributed by atoms with Crippen LogP contribution in [0.3, 0.4) is 0 Å². The van der Waals surface area contributed by atoms with Gasteiger partial charge in [0.15, 0.2) is 5.82 Å². The molecule has 6 nitrogen and oxygen atoms in total. The molecule has 0 saturated carbocycles. The summed E-state index contributed by atoms with van der Waals surface area (Å²) in [5.41, 5.74) is 0.671. The molecule has 1 aliphatic rings. The Balaban J connectivity index is 1.83. The number of hydrogen-bond donors (Lipinski definition) is 2. The molecular formula is C13H15N5O. The van der Waals surface area contributed by atoms with Crippen LogP contribution >= 0.6 is 0 Å². The SMILES string of the molecule is O=C(Nc1cccnc1-n1cccn1)C1CCCN1. The van der Waals surface area contributed by atoms with Gasteiger partial charge in [-0.3, -0.25) is 4.79 Å². The maximum absolute atomic E-state index is 12.1. The van der Waals surface area contributed by atoms with Gasteiger partial charge in [-0.15, -0.1) is 0 Å². The topological polar surface area (TPSA) is 71.8 Å². The molecule has 3 heterocycles. The van der Waals surface area contributed by atoms with E-state index in [0.717, 1.165) is 19.4 Å².